The van der Waals surface area contributed by atoms with E-state index in [1.807, 2.05) is 62.4 Å². The molecule has 0 saturated carbocycles. The minimum Gasteiger partial charge on any atom is -0.457 e. The molecule has 33 heavy (non-hydrogen) atoms. The number of hydrogen-bond acceptors (Lipinski definition) is 4. The molecule has 5 nitrogen and oxygen atoms in total. The number of rotatable bonds is 10. The third-order valence-corrected chi connectivity index (χ3v) is 5.36. The smallest absolute Gasteiger partial charge is 0.257 e. The Kier molecular flexibility index (Phi) is 8.61. The summed E-state index contributed by atoms with van der Waals surface area (Å²) in [5.41, 5.74) is 4.13. The highest BCUT2D eigenvalue weighted by Crippen LogP contribution is 2.26. The Morgan fingerprint density at radius 1 is 1.00 bits per heavy atom. The van der Waals surface area contributed by atoms with Crippen LogP contribution >= 0.6 is 0 Å². The van der Waals surface area contributed by atoms with Gasteiger partial charge in [0.1, 0.15) is 11.5 Å². The van der Waals surface area contributed by atoms with Gasteiger partial charge in [0.05, 0.1) is 17.4 Å². The number of amides is 1. The Bertz CT molecular complexity index is 1060. The van der Waals surface area contributed by atoms with Gasteiger partial charge < -0.3 is 14.8 Å². The van der Waals surface area contributed by atoms with Gasteiger partial charge >= 0.3 is 0 Å². The van der Waals surface area contributed by atoms with Crippen molar-refractivity contribution in [3.8, 4) is 11.5 Å². The van der Waals surface area contributed by atoms with E-state index in [-0.39, 0.29) is 12.0 Å². The van der Waals surface area contributed by atoms with E-state index in [1.54, 1.807) is 0 Å². The summed E-state index contributed by atoms with van der Waals surface area (Å²) in [5, 5.41) is 2.94. The third-order valence-electron chi connectivity index (χ3n) is 5.36. The van der Waals surface area contributed by atoms with Crippen LogP contribution in [0.5, 0.6) is 11.5 Å². The summed E-state index contributed by atoms with van der Waals surface area (Å²) in [6.07, 6.45) is 1.82. The van der Waals surface area contributed by atoms with Crippen molar-refractivity contribution < 1.29 is 14.3 Å². The van der Waals surface area contributed by atoms with Gasteiger partial charge in [-0.25, -0.2) is 0 Å². The fraction of sp³-hybridized carbons (Fsp3) is 0.357. The number of aryl methyl sites for hydroxylation is 1. The Labute approximate surface area is 197 Å². The second kappa shape index (κ2) is 11.6. The van der Waals surface area contributed by atoms with Crippen molar-refractivity contribution >= 4 is 11.6 Å². The summed E-state index contributed by atoms with van der Waals surface area (Å²) in [4.78, 5) is 17.4. The Morgan fingerprint density at radius 3 is 2.42 bits per heavy atom. The molecule has 0 aliphatic carbocycles. The molecule has 0 bridgehead atoms. The molecule has 1 amide bonds. The number of aromatic nitrogens is 1. The summed E-state index contributed by atoms with van der Waals surface area (Å²) in [6.45, 7) is 11.1. The topological polar surface area (TPSA) is 60.5 Å². The Balaban J connectivity index is 1.60. The summed E-state index contributed by atoms with van der Waals surface area (Å²) in [7, 11) is 0. The lowest BCUT2D eigenvalue weighted by molar-refractivity contribution is 0.0663. The van der Waals surface area contributed by atoms with E-state index in [0.29, 0.717) is 22.9 Å². The van der Waals surface area contributed by atoms with Crippen LogP contribution in [0.15, 0.2) is 60.7 Å². The van der Waals surface area contributed by atoms with Gasteiger partial charge in [0.2, 0.25) is 0 Å². The number of hydrogen-bond donors (Lipinski definition) is 1. The quantitative estimate of drug-likeness (QED) is 0.367. The van der Waals surface area contributed by atoms with Crippen molar-refractivity contribution in [3.05, 3.63) is 83.2 Å². The van der Waals surface area contributed by atoms with Crippen LogP contribution in [-0.2, 0) is 11.2 Å². The van der Waals surface area contributed by atoms with Crippen molar-refractivity contribution in [1.29, 1.82) is 0 Å². The van der Waals surface area contributed by atoms with E-state index in [1.165, 1.54) is 5.56 Å². The van der Waals surface area contributed by atoms with Gasteiger partial charge in [0.15, 0.2) is 0 Å². The lowest BCUT2D eigenvalue weighted by Crippen LogP contribution is -2.16. The highest BCUT2D eigenvalue weighted by Gasteiger charge is 2.13. The molecule has 5 heteroatoms. The lowest BCUT2D eigenvalue weighted by Gasteiger charge is -2.13. The Hall–Kier alpha value is -3.18. The molecule has 1 heterocycles. The van der Waals surface area contributed by atoms with Crippen molar-refractivity contribution in [2.75, 3.05) is 11.9 Å². The van der Waals surface area contributed by atoms with Crippen molar-refractivity contribution in [1.82, 2.24) is 4.98 Å². The first-order valence-electron chi connectivity index (χ1n) is 11.6. The normalized spacial score (nSPS) is 11.9. The molecule has 0 radical (unpaired) electrons. The second-order valence-corrected chi connectivity index (χ2v) is 8.63. The molecule has 3 rings (SSSR count). The predicted molar refractivity (Wildman–Crippen MR) is 133 cm³/mol. The number of ether oxygens (including phenoxy) is 2. The molecule has 3 aromatic rings. The molecule has 0 spiro atoms. The molecule has 0 aliphatic rings. The van der Waals surface area contributed by atoms with E-state index in [9.17, 15) is 4.79 Å². The molecular formula is C28H34N2O3. The standard InChI is InChI=1S/C28H34N2O3/c1-6-16-32-20(4)17-24-12-15-27(21(5)29-24)28(31)30-23-10-13-25(14-11-23)33-26-9-7-8-22(18-26)19(2)3/h7-15,18-20H,6,16-17H2,1-5H3,(H,30,31). The SMILES string of the molecule is CCCOC(C)Cc1ccc(C(=O)Nc2ccc(Oc3cccc(C(C)C)c3)cc2)c(C)n1. The third kappa shape index (κ3) is 7.16. The monoisotopic (exact) mass is 446 g/mol. The zero-order valence-electron chi connectivity index (χ0n) is 20.2. The number of carbonyl (C=O) groups excluding carboxylic acids is 1. The molecule has 1 aromatic heterocycles. The zero-order valence-corrected chi connectivity index (χ0v) is 20.2. The number of nitrogens with one attached hydrogen (secondary N) is 1. The highest BCUT2D eigenvalue weighted by molar-refractivity contribution is 6.05. The van der Waals surface area contributed by atoms with Crippen molar-refractivity contribution in [2.24, 2.45) is 0 Å². The maximum absolute atomic E-state index is 12.8. The summed E-state index contributed by atoms with van der Waals surface area (Å²) in [5.74, 6) is 1.78. The molecule has 0 fully saturated rings. The number of benzene rings is 2. The van der Waals surface area contributed by atoms with E-state index >= 15 is 0 Å². The molecule has 1 unspecified atom stereocenters. The maximum Gasteiger partial charge on any atom is 0.257 e. The molecule has 0 saturated heterocycles. The number of carbonyl (C=O) groups is 1. The minimum atomic E-state index is -0.180. The largest absolute Gasteiger partial charge is 0.457 e. The molecule has 2 aromatic carbocycles. The summed E-state index contributed by atoms with van der Waals surface area (Å²) in [6, 6.07) is 19.2. The molecule has 0 aliphatic heterocycles. The maximum atomic E-state index is 12.8. The van der Waals surface area contributed by atoms with Crippen LogP contribution in [0.25, 0.3) is 0 Å². The van der Waals surface area contributed by atoms with Crippen LogP contribution in [0.1, 0.15) is 67.3 Å². The van der Waals surface area contributed by atoms with Gasteiger partial charge in [0.25, 0.3) is 5.91 Å². The Morgan fingerprint density at radius 2 is 1.76 bits per heavy atom. The molecule has 174 valence electrons. The van der Waals surface area contributed by atoms with E-state index in [4.69, 9.17) is 9.47 Å². The van der Waals surface area contributed by atoms with E-state index in [2.05, 4.69) is 43.2 Å². The van der Waals surface area contributed by atoms with E-state index < -0.39 is 0 Å². The predicted octanol–water partition coefficient (Wildman–Crippen LogP) is 6.92. The van der Waals surface area contributed by atoms with Crippen LogP contribution < -0.4 is 10.1 Å². The lowest BCUT2D eigenvalue weighted by atomic mass is 10.0. The first kappa shape index (κ1) is 24.5. The van der Waals surface area contributed by atoms with Crippen LogP contribution in [0, 0.1) is 6.92 Å². The second-order valence-electron chi connectivity index (χ2n) is 8.63. The fourth-order valence-electron chi connectivity index (χ4n) is 3.52. The van der Waals surface area contributed by atoms with Crippen molar-refractivity contribution in [2.45, 2.75) is 59.5 Å². The van der Waals surface area contributed by atoms with Gasteiger partial charge in [-0.2, -0.15) is 0 Å². The van der Waals surface area contributed by atoms with Gasteiger partial charge in [-0.3, -0.25) is 9.78 Å². The average Bonchev–Trinajstić information content (AvgIpc) is 2.79. The number of anilines is 1. The number of pyridine rings is 1. The first-order valence-corrected chi connectivity index (χ1v) is 11.6. The zero-order chi connectivity index (χ0) is 23.8. The molecular weight excluding hydrogens is 412 g/mol. The highest BCUT2D eigenvalue weighted by atomic mass is 16.5. The fourth-order valence-corrected chi connectivity index (χ4v) is 3.52. The van der Waals surface area contributed by atoms with Gasteiger partial charge in [0, 0.05) is 24.4 Å². The minimum absolute atomic E-state index is 0.102. The molecule has 1 N–H and O–H groups in total. The summed E-state index contributed by atoms with van der Waals surface area (Å²) >= 11 is 0. The van der Waals surface area contributed by atoms with Gasteiger partial charge in [-0.1, -0.05) is 32.9 Å². The van der Waals surface area contributed by atoms with Crippen LogP contribution in [0.3, 0.4) is 0 Å². The first-order chi connectivity index (χ1) is 15.9. The van der Waals surface area contributed by atoms with Crippen LogP contribution in [-0.4, -0.2) is 23.6 Å². The summed E-state index contributed by atoms with van der Waals surface area (Å²) < 4.78 is 11.7. The number of nitrogens with zero attached hydrogens (tertiary/aromatic N) is 1. The van der Waals surface area contributed by atoms with Crippen molar-refractivity contribution in [3.63, 3.8) is 0 Å². The van der Waals surface area contributed by atoms with Crippen LogP contribution in [0.4, 0.5) is 5.69 Å². The van der Waals surface area contributed by atoms with E-state index in [0.717, 1.165) is 36.6 Å². The molecule has 1 atom stereocenters. The van der Waals surface area contributed by atoms with Gasteiger partial charge in [-0.15, -0.1) is 0 Å². The average molecular weight is 447 g/mol. The van der Waals surface area contributed by atoms with Gasteiger partial charge in [-0.05, 0) is 80.3 Å². The van der Waals surface area contributed by atoms with Crippen LogP contribution in [0.2, 0.25) is 0 Å².